The number of aromatic amines is 1. The number of benzene rings is 2. The van der Waals surface area contributed by atoms with E-state index in [2.05, 4.69) is 31.2 Å². The minimum Gasteiger partial charge on any atom is -0.450 e. The number of halogens is 4. The van der Waals surface area contributed by atoms with E-state index in [-0.39, 0.29) is 19.6 Å². The van der Waals surface area contributed by atoms with E-state index in [1.165, 1.54) is 0 Å². The van der Waals surface area contributed by atoms with Crippen LogP contribution in [0.25, 0.3) is 22.4 Å². The summed E-state index contributed by atoms with van der Waals surface area (Å²) < 4.78 is 41.9. The van der Waals surface area contributed by atoms with Gasteiger partial charge in [-0.3, -0.25) is 0 Å². The molecule has 5 nitrogen and oxygen atoms in total. The number of hydrogen-bond acceptors (Lipinski definition) is 3. The van der Waals surface area contributed by atoms with E-state index in [1.807, 2.05) is 48.5 Å². The molecule has 2 aromatic carbocycles. The van der Waals surface area contributed by atoms with E-state index in [4.69, 9.17) is 4.74 Å². The van der Waals surface area contributed by atoms with Crippen LogP contribution in [0.4, 0.5) is 18.0 Å². The van der Waals surface area contributed by atoms with E-state index < -0.39 is 18.7 Å². The maximum absolute atomic E-state index is 12.0. The molecule has 0 spiro atoms. The highest BCUT2D eigenvalue weighted by Gasteiger charge is 2.26. The summed E-state index contributed by atoms with van der Waals surface area (Å²) in [6, 6.07) is 16.2. The van der Waals surface area contributed by atoms with Crippen molar-refractivity contribution in [3.8, 4) is 22.4 Å². The number of imidazole rings is 1. The number of ether oxygens (including phenoxy) is 1. The van der Waals surface area contributed by atoms with Crippen LogP contribution in [-0.2, 0) is 11.2 Å². The molecule has 0 aliphatic carbocycles. The van der Waals surface area contributed by atoms with E-state index in [0.717, 1.165) is 26.9 Å². The third-order valence-corrected chi connectivity index (χ3v) is 5.00. The van der Waals surface area contributed by atoms with Gasteiger partial charge in [-0.2, -0.15) is 13.2 Å². The van der Waals surface area contributed by atoms with Crippen LogP contribution in [0.3, 0.4) is 0 Å². The third kappa shape index (κ3) is 7.43. The van der Waals surface area contributed by atoms with E-state index in [9.17, 15) is 18.0 Å². The van der Waals surface area contributed by atoms with Crippen molar-refractivity contribution < 1.29 is 22.7 Å². The Balaban J connectivity index is 1.45. The fourth-order valence-corrected chi connectivity index (χ4v) is 3.16. The number of carbonyl (C=O) groups is 1. The number of alkyl halides is 3. The molecule has 164 valence electrons. The summed E-state index contributed by atoms with van der Waals surface area (Å²) in [5.41, 5.74) is 4.06. The van der Waals surface area contributed by atoms with Gasteiger partial charge >= 0.3 is 12.3 Å². The van der Waals surface area contributed by atoms with Crippen molar-refractivity contribution in [3.05, 3.63) is 65.0 Å². The van der Waals surface area contributed by atoms with Gasteiger partial charge in [-0.1, -0.05) is 52.3 Å². The van der Waals surface area contributed by atoms with Crippen molar-refractivity contribution in [2.24, 2.45) is 0 Å². The van der Waals surface area contributed by atoms with Crippen LogP contribution in [0.1, 0.15) is 18.7 Å². The molecule has 31 heavy (non-hydrogen) atoms. The Morgan fingerprint density at radius 2 is 1.65 bits per heavy atom. The Morgan fingerprint density at radius 1 is 1.03 bits per heavy atom. The lowest BCUT2D eigenvalue weighted by atomic mass is 10.0. The Hall–Kier alpha value is -2.81. The number of H-pyrrole nitrogens is 1. The van der Waals surface area contributed by atoms with Crippen LogP contribution in [0.5, 0.6) is 0 Å². The van der Waals surface area contributed by atoms with Gasteiger partial charge in [0.05, 0.1) is 18.5 Å². The molecular formula is C22H21BrF3N3O2. The number of amides is 1. The largest absolute Gasteiger partial charge is 0.450 e. The first kappa shape index (κ1) is 22.9. The zero-order valence-corrected chi connectivity index (χ0v) is 18.1. The van der Waals surface area contributed by atoms with Gasteiger partial charge in [0.2, 0.25) is 0 Å². The molecular weight excluding hydrogens is 475 g/mol. The van der Waals surface area contributed by atoms with Crippen molar-refractivity contribution >= 4 is 22.0 Å². The van der Waals surface area contributed by atoms with Crippen LogP contribution in [0, 0.1) is 0 Å². The van der Waals surface area contributed by atoms with Gasteiger partial charge < -0.3 is 15.0 Å². The summed E-state index contributed by atoms with van der Waals surface area (Å²) in [7, 11) is 0. The Kier molecular flexibility index (Phi) is 7.73. The Labute approximate surface area is 186 Å². The normalized spacial score (nSPS) is 11.4. The smallest absolute Gasteiger partial charge is 0.407 e. The molecule has 0 unspecified atom stereocenters. The lowest BCUT2D eigenvalue weighted by molar-refractivity contribution is -0.137. The quantitative estimate of drug-likeness (QED) is 0.370. The number of alkyl carbamates (subject to hydrolysis) is 1. The molecule has 2 N–H and O–H groups in total. The standard InChI is InChI=1S/C22H21BrF3N3O2/c23-18-8-6-16(7-9-18)15-2-4-17(5-3-15)19-14-28-20(29-19)10-12-27-21(30)31-13-1-11-22(24,25)26/h2-9,14H,1,10-13H2,(H,27,30)(H,28,29). The number of carbonyl (C=O) groups excluding carboxylic acids is 1. The second-order valence-corrected chi connectivity index (χ2v) is 7.77. The maximum Gasteiger partial charge on any atom is 0.407 e. The summed E-state index contributed by atoms with van der Waals surface area (Å²) in [6.45, 7) is -0.0138. The lowest BCUT2D eigenvalue weighted by Gasteiger charge is -2.08. The molecule has 1 aromatic heterocycles. The van der Waals surface area contributed by atoms with Crippen molar-refractivity contribution in [3.63, 3.8) is 0 Å². The van der Waals surface area contributed by atoms with Gasteiger partial charge in [-0.05, 0) is 35.2 Å². The van der Waals surface area contributed by atoms with Crippen LogP contribution < -0.4 is 5.32 Å². The molecule has 0 fully saturated rings. The van der Waals surface area contributed by atoms with E-state index >= 15 is 0 Å². The lowest BCUT2D eigenvalue weighted by Crippen LogP contribution is -2.27. The molecule has 0 aliphatic rings. The minimum atomic E-state index is -4.24. The summed E-state index contributed by atoms with van der Waals surface area (Å²) in [6.07, 6.45) is -4.04. The molecule has 0 bridgehead atoms. The van der Waals surface area contributed by atoms with Gasteiger partial charge in [-0.25, -0.2) is 9.78 Å². The highest BCUT2D eigenvalue weighted by Crippen LogP contribution is 2.25. The Morgan fingerprint density at radius 3 is 2.29 bits per heavy atom. The number of hydrogen-bond donors (Lipinski definition) is 2. The molecule has 1 amide bonds. The van der Waals surface area contributed by atoms with Crippen LogP contribution in [-0.4, -0.2) is 35.4 Å². The third-order valence-electron chi connectivity index (χ3n) is 4.47. The summed E-state index contributed by atoms with van der Waals surface area (Å²) >= 11 is 3.43. The van der Waals surface area contributed by atoms with Crippen molar-refractivity contribution in [1.29, 1.82) is 0 Å². The number of nitrogens with one attached hydrogen (secondary N) is 2. The topological polar surface area (TPSA) is 67.0 Å². The fourth-order valence-electron chi connectivity index (χ4n) is 2.89. The molecule has 3 rings (SSSR count). The second-order valence-electron chi connectivity index (χ2n) is 6.86. The SMILES string of the molecule is O=C(NCCc1ncc(-c2ccc(-c3ccc(Br)cc3)cc2)[nH]1)OCCCC(F)(F)F. The molecule has 0 saturated carbocycles. The van der Waals surface area contributed by atoms with Gasteiger partial charge in [0.15, 0.2) is 0 Å². The average Bonchev–Trinajstić information content (AvgIpc) is 3.20. The maximum atomic E-state index is 12.0. The fraction of sp³-hybridized carbons (Fsp3) is 0.273. The highest BCUT2D eigenvalue weighted by molar-refractivity contribution is 9.10. The predicted octanol–water partition coefficient (Wildman–Crippen LogP) is 6.12. The summed E-state index contributed by atoms with van der Waals surface area (Å²) in [5, 5.41) is 2.50. The predicted molar refractivity (Wildman–Crippen MR) is 116 cm³/mol. The number of rotatable bonds is 8. The first-order chi connectivity index (χ1) is 14.8. The Bertz CT molecular complexity index is 986. The van der Waals surface area contributed by atoms with Crippen LogP contribution in [0.15, 0.2) is 59.2 Å². The van der Waals surface area contributed by atoms with Gasteiger partial charge in [0.25, 0.3) is 0 Å². The zero-order valence-electron chi connectivity index (χ0n) is 16.5. The zero-order chi connectivity index (χ0) is 22.3. The monoisotopic (exact) mass is 495 g/mol. The van der Waals surface area contributed by atoms with Crippen LogP contribution >= 0.6 is 15.9 Å². The highest BCUT2D eigenvalue weighted by atomic mass is 79.9. The van der Waals surface area contributed by atoms with Gasteiger partial charge in [0, 0.05) is 23.9 Å². The van der Waals surface area contributed by atoms with Gasteiger partial charge in [0.1, 0.15) is 5.82 Å². The summed E-state index contributed by atoms with van der Waals surface area (Å²) in [5.74, 6) is 0.685. The molecule has 1 heterocycles. The van der Waals surface area contributed by atoms with Gasteiger partial charge in [-0.15, -0.1) is 0 Å². The van der Waals surface area contributed by atoms with E-state index in [0.29, 0.717) is 12.2 Å². The molecule has 0 radical (unpaired) electrons. The molecule has 0 saturated heterocycles. The summed E-state index contributed by atoms with van der Waals surface area (Å²) in [4.78, 5) is 19.0. The molecule has 0 atom stereocenters. The van der Waals surface area contributed by atoms with Crippen molar-refractivity contribution in [2.45, 2.75) is 25.4 Å². The van der Waals surface area contributed by atoms with Crippen LogP contribution in [0.2, 0.25) is 0 Å². The first-order valence-electron chi connectivity index (χ1n) is 9.68. The number of nitrogens with zero attached hydrogens (tertiary/aromatic N) is 1. The first-order valence-corrected chi connectivity index (χ1v) is 10.5. The molecule has 3 aromatic rings. The molecule has 9 heteroatoms. The van der Waals surface area contributed by atoms with Crippen molar-refractivity contribution in [2.75, 3.05) is 13.2 Å². The second kappa shape index (κ2) is 10.5. The molecule has 0 aliphatic heterocycles. The average molecular weight is 496 g/mol. The number of aromatic nitrogens is 2. The van der Waals surface area contributed by atoms with E-state index in [1.54, 1.807) is 6.20 Å². The minimum absolute atomic E-state index is 0.251. The van der Waals surface area contributed by atoms with Crippen molar-refractivity contribution in [1.82, 2.24) is 15.3 Å².